The monoisotopic (exact) mass is 273 g/mol. The van der Waals surface area contributed by atoms with Crippen LogP contribution in [0.3, 0.4) is 0 Å². The van der Waals surface area contributed by atoms with Gasteiger partial charge in [0.05, 0.1) is 11.1 Å². The van der Waals surface area contributed by atoms with Crippen molar-refractivity contribution in [2.24, 2.45) is 0 Å². The molecule has 3 rings (SSSR count). The normalized spacial score (nSPS) is 16.6. The van der Waals surface area contributed by atoms with Crippen molar-refractivity contribution in [3.8, 4) is 0 Å². The molecule has 0 spiro atoms. The van der Waals surface area contributed by atoms with E-state index in [1.54, 1.807) is 30.7 Å². The number of amides is 1. The highest BCUT2D eigenvalue weighted by Gasteiger charge is 2.36. The Morgan fingerprint density at radius 2 is 2.20 bits per heavy atom. The topological polar surface area (TPSA) is 54.9 Å². The Labute approximate surface area is 116 Å². The van der Waals surface area contributed by atoms with Gasteiger partial charge in [0.1, 0.15) is 5.67 Å². The van der Waals surface area contributed by atoms with Gasteiger partial charge in [0.15, 0.2) is 0 Å². The average Bonchev–Trinajstić information content (AvgIpc) is 2.44. The van der Waals surface area contributed by atoms with Crippen molar-refractivity contribution in [1.82, 2.24) is 15.3 Å². The standard InChI is InChI=1S/C15H16FN3O/c16-15(4-1-5-15)6-9-19-14(20)11-2-8-18-13-3-7-17-10-12(11)13/h2-3,7-8,10H,1,4-6,9H2,(H,19,20). The summed E-state index contributed by atoms with van der Waals surface area (Å²) >= 11 is 0. The van der Waals surface area contributed by atoms with Crippen LogP contribution in [-0.2, 0) is 0 Å². The van der Waals surface area contributed by atoms with Gasteiger partial charge in [0.25, 0.3) is 5.91 Å². The van der Waals surface area contributed by atoms with Crippen LogP contribution in [0, 0.1) is 0 Å². The first-order chi connectivity index (χ1) is 9.68. The zero-order valence-corrected chi connectivity index (χ0v) is 11.1. The molecule has 2 heterocycles. The van der Waals surface area contributed by atoms with Crippen molar-refractivity contribution in [2.45, 2.75) is 31.4 Å². The van der Waals surface area contributed by atoms with Gasteiger partial charge in [-0.3, -0.25) is 14.8 Å². The van der Waals surface area contributed by atoms with Crippen LogP contribution in [0.15, 0.2) is 30.7 Å². The van der Waals surface area contributed by atoms with Gasteiger partial charge >= 0.3 is 0 Å². The van der Waals surface area contributed by atoms with E-state index < -0.39 is 5.67 Å². The minimum Gasteiger partial charge on any atom is -0.352 e. The summed E-state index contributed by atoms with van der Waals surface area (Å²) in [5.74, 6) is -0.201. The highest BCUT2D eigenvalue weighted by Crippen LogP contribution is 2.38. The molecule has 0 radical (unpaired) electrons. The summed E-state index contributed by atoms with van der Waals surface area (Å²) in [5, 5.41) is 3.49. The summed E-state index contributed by atoms with van der Waals surface area (Å²) in [6.07, 6.45) is 7.43. The maximum absolute atomic E-state index is 13.8. The van der Waals surface area contributed by atoms with Crippen LogP contribution in [0.4, 0.5) is 4.39 Å². The molecule has 1 aliphatic rings. The minimum atomic E-state index is -1.06. The molecular formula is C15H16FN3O. The van der Waals surface area contributed by atoms with E-state index in [2.05, 4.69) is 15.3 Å². The quantitative estimate of drug-likeness (QED) is 0.931. The third-order valence-corrected chi connectivity index (χ3v) is 3.90. The first-order valence-corrected chi connectivity index (χ1v) is 6.84. The van der Waals surface area contributed by atoms with E-state index in [0.717, 1.165) is 11.9 Å². The van der Waals surface area contributed by atoms with Gasteiger partial charge in [-0.1, -0.05) is 0 Å². The Morgan fingerprint density at radius 1 is 1.35 bits per heavy atom. The van der Waals surface area contributed by atoms with Crippen LogP contribution in [-0.4, -0.2) is 28.1 Å². The Hall–Kier alpha value is -2.04. The molecule has 1 fully saturated rings. The number of carbonyl (C=O) groups excluding carboxylic acids is 1. The second kappa shape index (κ2) is 5.15. The van der Waals surface area contributed by atoms with Crippen molar-refractivity contribution in [3.05, 3.63) is 36.3 Å². The Morgan fingerprint density at radius 3 is 2.95 bits per heavy atom. The first-order valence-electron chi connectivity index (χ1n) is 6.84. The lowest BCUT2D eigenvalue weighted by atomic mass is 9.79. The molecule has 104 valence electrons. The Kier molecular flexibility index (Phi) is 3.34. The predicted octanol–water partition coefficient (Wildman–Crippen LogP) is 2.64. The fourth-order valence-corrected chi connectivity index (χ4v) is 2.49. The molecule has 20 heavy (non-hydrogen) atoms. The summed E-state index contributed by atoms with van der Waals surface area (Å²) in [6.45, 7) is 0.361. The van der Waals surface area contributed by atoms with Crippen LogP contribution in [0.2, 0.25) is 0 Å². The fraction of sp³-hybridized carbons (Fsp3) is 0.400. The molecule has 0 saturated heterocycles. The summed E-state index contributed by atoms with van der Waals surface area (Å²) in [4.78, 5) is 20.4. The third-order valence-electron chi connectivity index (χ3n) is 3.90. The van der Waals surface area contributed by atoms with Crippen LogP contribution in [0.25, 0.3) is 10.9 Å². The highest BCUT2D eigenvalue weighted by atomic mass is 19.1. The van der Waals surface area contributed by atoms with E-state index in [0.29, 0.717) is 36.8 Å². The predicted molar refractivity (Wildman–Crippen MR) is 74.2 cm³/mol. The van der Waals surface area contributed by atoms with E-state index in [1.807, 2.05) is 0 Å². The van der Waals surface area contributed by atoms with Gasteiger partial charge in [0, 0.05) is 30.5 Å². The van der Waals surface area contributed by atoms with Crippen LogP contribution >= 0.6 is 0 Å². The first kappa shape index (κ1) is 13.0. The van der Waals surface area contributed by atoms with Gasteiger partial charge in [-0.2, -0.15) is 0 Å². The van der Waals surface area contributed by atoms with Gasteiger partial charge in [-0.25, -0.2) is 4.39 Å². The van der Waals surface area contributed by atoms with E-state index in [9.17, 15) is 9.18 Å². The molecule has 1 N–H and O–H groups in total. The highest BCUT2D eigenvalue weighted by molar-refractivity contribution is 6.05. The van der Waals surface area contributed by atoms with E-state index in [1.165, 1.54) is 0 Å². The number of nitrogens with zero attached hydrogens (tertiary/aromatic N) is 2. The largest absolute Gasteiger partial charge is 0.352 e. The molecule has 0 aliphatic heterocycles. The maximum atomic E-state index is 13.8. The summed E-state index contributed by atoms with van der Waals surface area (Å²) in [6, 6.07) is 3.42. The number of rotatable bonds is 4. The molecule has 1 aliphatic carbocycles. The number of carbonyl (C=O) groups is 1. The molecule has 2 aromatic rings. The minimum absolute atomic E-state index is 0.201. The SMILES string of the molecule is O=C(NCCC1(F)CCC1)c1ccnc2ccncc12. The molecule has 4 nitrogen and oxygen atoms in total. The Balaban J connectivity index is 1.69. The number of hydrogen-bond donors (Lipinski definition) is 1. The molecule has 1 saturated carbocycles. The van der Waals surface area contributed by atoms with Gasteiger partial charge in [-0.15, -0.1) is 0 Å². The van der Waals surface area contributed by atoms with Crippen molar-refractivity contribution < 1.29 is 9.18 Å². The molecule has 0 aromatic carbocycles. The van der Waals surface area contributed by atoms with Gasteiger partial charge in [-0.05, 0) is 37.8 Å². The van der Waals surface area contributed by atoms with Crippen LogP contribution < -0.4 is 5.32 Å². The van der Waals surface area contributed by atoms with Crippen LogP contribution in [0.5, 0.6) is 0 Å². The van der Waals surface area contributed by atoms with Crippen molar-refractivity contribution in [2.75, 3.05) is 6.54 Å². The zero-order chi connectivity index (χ0) is 14.0. The fourth-order valence-electron chi connectivity index (χ4n) is 2.49. The van der Waals surface area contributed by atoms with Crippen molar-refractivity contribution in [3.63, 3.8) is 0 Å². The molecule has 0 bridgehead atoms. The van der Waals surface area contributed by atoms with Crippen LogP contribution in [0.1, 0.15) is 36.0 Å². The smallest absolute Gasteiger partial charge is 0.252 e. The van der Waals surface area contributed by atoms with E-state index >= 15 is 0 Å². The lowest BCUT2D eigenvalue weighted by Gasteiger charge is -2.33. The number of aromatic nitrogens is 2. The maximum Gasteiger partial charge on any atom is 0.252 e. The molecule has 0 atom stereocenters. The van der Waals surface area contributed by atoms with E-state index in [4.69, 9.17) is 0 Å². The Bertz CT molecular complexity index is 635. The lowest BCUT2D eigenvalue weighted by Crippen LogP contribution is -2.36. The third kappa shape index (κ3) is 2.48. The average molecular weight is 273 g/mol. The second-order valence-electron chi connectivity index (χ2n) is 5.26. The van der Waals surface area contributed by atoms with Crippen molar-refractivity contribution >= 4 is 16.8 Å². The molecule has 2 aromatic heterocycles. The number of halogens is 1. The number of fused-ring (bicyclic) bond motifs is 1. The molecule has 1 amide bonds. The molecule has 0 unspecified atom stereocenters. The number of hydrogen-bond acceptors (Lipinski definition) is 3. The van der Waals surface area contributed by atoms with Crippen molar-refractivity contribution in [1.29, 1.82) is 0 Å². The molecular weight excluding hydrogens is 257 g/mol. The lowest BCUT2D eigenvalue weighted by molar-refractivity contribution is 0.0534. The van der Waals surface area contributed by atoms with E-state index in [-0.39, 0.29) is 5.91 Å². The number of nitrogens with one attached hydrogen (secondary N) is 1. The molecule has 5 heteroatoms. The van der Waals surface area contributed by atoms with Gasteiger partial charge in [0.2, 0.25) is 0 Å². The van der Waals surface area contributed by atoms with Gasteiger partial charge < -0.3 is 5.32 Å². The number of alkyl halides is 1. The summed E-state index contributed by atoms with van der Waals surface area (Å²) in [7, 11) is 0. The summed E-state index contributed by atoms with van der Waals surface area (Å²) in [5.41, 5.74) is 0.202. The zero-order valence-electron chi connectivity index (χ0n) is 11.1. The summed E-state index contributed by atoms with van der Waals surface area (Å²) < 4.78 is 13.8. The number of pyridine rings is 2. The second-order valence-corrected chi connectivity index (χ2v) is 5.26.